The van der Waals surface area contributed by atoms with Crippen molar-refractivity contribution >= 4 is 21.7 Å². The molecular formula is C15H15F2N3O3S. The lowest BCUT2D eigenvalue weighted by atomic mass is 10.2. The predicted octanol–water partition coefficient (Wildman–Crippen LogP) is 1.87. The Morgan fingerprint density at radius 3 is 2.75 bits per heavy atom. The Hall–Kier alpha value is -2.29. The number of aromatic nitrogens is 2. The largest absolute Gasteiger partial charge is 0.299 e. The number of sulfone groups is 1. The minimum Gasteiger partial charge on any atom is -0.299 e. The summed E-state index contributed by atoms with van der Waals surface area (Å²) in [7, 11) is -3.13. The lowest BCUT2D eigenvalue weighted by molar-refractivity contribution is 0.483. The number of aromatic amines is 1. The highest BCUT2D eigenvalue weighted by Gasteiger charge is 2.31. The Labute approximate surface area is 136 Å². The van der Waals surface area contributed by atoms with Gasteiger partial charge in [0.05, 0.1) is 28.8 Å². The van der Waals surface area contributed by atoms with E-state index in [0.717, 1.165) is 6.07 Å². The number of nitrogens with zero attached hydrogens (tertiary/aromatic N) is 2. The zero-order valence-electron chi connectivity index (χ0n) is 12.8. The fourth-order valence-corrected chi connectivity index (χ4v) is 4.39. The molecule has 1 aromatic carbocycles. The summed E-state index contributed by atoms with van der Waals surface area (Å²) in [5, 5.41) is 2.85. The summed E-state index contributed by atoms with van der Waals surface area (Å²) in [5.41, 5.74) is 0.200. The molecule has 1 fully saturated rings. The standard InChI is InChI=1S/C15H15F2N3O3S/c1-9-12(7-18-14-3-2-10(16)6-13(14)17)15(21)20(19-9)11-4-5-24(22,23)8-11/h2-3,6-7,11,19H,4-5,8H2,1H3/t11-/m1/s1. The first-order valence-corrected chi connectivity index (χ1v) is 9.09. The fraction of sp³-hybridized carbons (Fsp3) is 0.333. The van der Waals surface area contributed by atoms with Crippen molar-refractivity contribution in [1.82, 2.24) is 9.78 Å². The quantitative estimate of drug-likeness (QED) is 0.853. The van der Waals surface area contributed by atoms with Crippen molar-refractivity contribution in [2.45, 2.75) is 19.4 Å². The van der Waals surface area contributed by atoms with Gasteiger partial charge in [0.25, 0.3) is 5.56 Å². The van der Waals surface area contributed by atoms with Crippen LogP contribution in [0.15, 0.2) is 28.0 Å². The molecule has 1 saturated heterocycles. The molecular weight excluding hydrogens is 340 g/mol. The van der Waals surface area contributed by atoms with Crippen molar-refractivity contribution in [2.24, 2.45) is 4.99 Å². The second-order valence-corrected chi connectivity index (χ2v) is 7.97. The van der Waals surface area contributed by atoms with Gasteiger partial charge in [-0.3, -0.25) is 14.9 Å². The van der Waals surface area contributed by atoms with Gasteiger partial charge in [-0.1, -0.05) is 0 Å². The molecule has 0 unspecified atom stereocenters. The first-order chi connectivity index (χ1) is 11.3. The van der Waals surface area contributed by atoms with Crippen molar-refractivity contribution in [2.75, 3.05) is 11.5 Å². The summed E-state index contributed by atoms with van der Waals surface area (Å²) in [6.07, 6.45) is 1.57. The van der Waals surface area contributed by atoms with E-state index in [0.29, 0.717) is 18.2 Å². The van der Waals surface area contributed by atoms with E-state index >= 15 is 0 Å². The van der Waals surface area contributed by atoms with Crippen molar-refractivity contribution in [3.63, 3.8) is 0 Å². The number of rotatable bonds is 3. The van der Waals surface area contributed by atoms with E-state index in [1.165, 1.54) is 17.0 Å². The minimum absolute atomic E-state index is 0.0480. The maximum Gasteiger partial charge on any atom is 0.275 e. The number of benzene rings is 1. The van der Waals surface area contributed by atoms with Crippen LogP contribution in [-0.4, -0.2) is 35.9 Å². The van der Waals surface area contributed by atoms with Crippen LogP contribution in [-0.2, 0) is 9.84 Å². The molecule has 24 heavy (non-hydrogen) atoms. The summed E-state index contributed by atoms with van der Waals surface area (Å²) in [6.45, 7) is 1.64. The molecule has 2 heterocycles. The monoisotopic (exact) mass is 355 g/mol. The van der Waals surface area contributed by atoms with Crippen LogP contribution in [0.5, 0.6) is 0 Å². The number of aryl methyl sites for hydroxylation is 1. The smallest absolute Gasteiger partial charge is 0.275 e. The fourth-order valence-electron chi connectivity index (χ4n) is 2.69. The van der Waals surface area contributed by atoms with Crippen LogP contribution in [0.4, 0.5) is 14.5 Å². The van der Waals surface area contributed by atoms with Gasteiger partial charge in [-0.15, -0.1) is 0 Å². The summed E-state index contributed by atoms with van der Waals surface area (Å²) < 4.78 is 50.9. The Morgan fingerprint density at radius 2 is 2.12 bits per heavy atom. The van der Waals surface area contributed by atoms with Gasteiger partial charge in [0, 0.05) is 18.0 Å². The third kappa shape index (κ3) is 3.16. The average Bonchev–Trinajstić information content (AvgIpc) is 2.99. The summed E-state index contributed by atoms with van der Waals surface area (Å²) in [4.78, 5) is 16.3. The maximum absolute atomic E-state index is 13.6. The second-order valence-electron chi connectivity index (χ2n) is 5.74. The normalized spacial score (nSPS) is 20.0. The molecule has 9 heteroatoms. The molecule has 1 aliphatic heterocycles. The van der Waals surface area contributed by atoms with Gasteiger partial charge in [-0.25, -0.2) is 21.9 Å². The molecule has 1 aromatic heterocycles. The molecule has 0 aliphatic carbocycles. The van der Waals surface area contributed by atoms with Crippen molar-refractivity contribution in [3.05, 3.63) is 51.4 Å². The first-order valence-electron chi connectivity index (χ1n) is 7.27. The van der Waals surface area contributed by atoms with Crippen molar-refractivity contribution in [1.29, 1.82) is 0 Å². The van der Waals surface area contributed by atoms with E-state index < -0.39 is 33.1 Å². The second kappa shape index (κ2) is 5.97. The summed E-state index contributed by atoms with van der Waals surface area (Å²) in [6, 6.07) is 2.51. The van der Waals surface area contributed by atoms with Gasteiger partial charge in [-0.2, -0.15) is 0 Å². The zero-order chi connectivity index (χ0) is 17.5. The van der Waals surface area contributed by atoms with E-state index in [-0.39, 0.29) is 22.8 Å². The van der Waals surface area contributed by atoms with Gasteiger partial charge in [0.2, 0.25) is 0 Å². The zero-order valence-corrected chi connectivity index (χ0v) is 13.6. The van der Waals surface area contributed by atoms with Crippen LogP contribution in [0, 0.1) is 18.6 Å². The van der Waals surface area contributed by atoms with Gasteiger partial charge in [0.15, 0.2) is 15.7 Å². The van der Waals surface area contributed by atoms with Crippen LogP contribution in [0.1, 0.15) is 23.7 Å². The minimum atomic E-state index is -3.13. The molecule has 2 aromatic rings. The summed E-state index contributed by atoms with van der Waals surface area (Å²) in [5.74, 6) is -1.58. The first kappa shape index (κ1) is 16.6. The van der Waals surface area contributed by atoms with Crippen LogP contribution < -0.4 is 5.56 Å². The van der Waals surface area contributed by atoms with Gasteiger partial charge in [-0.05, 0) is 25.5 Å². The Morgan fingerprint density at radius 1 is 1.38 bits per heavy atom. The Kier molecular flexibility index (Phi) is 4.12. The van der Waals surface area contributed by atoms with Gasteiger partial charge < -0.3 is 0 Å². The molecule has 0 saturated carbocycles. The molecule has 0 amide bonds. The van der Waals surface area contributed by atoms with Crippen molar-refractivity contribution < 1.29 is 17.2 Å². The van der Waals surface area contributed by atoms with Gasteiger partial charge in [0.1, 0.15) is 5.82 Å². The van der Waals surface area contributed by atoms with Gasteiger partial charge >= 0.3 is 0 Å². The molecule has 128 valence electrons. The number of hydrogen-bond donors (Lipinski definition) is 1. The number of hydrogen-bond acceptors (Lipinski definition) is 4. The Balaban J connectivity index is 1.92. The molecule has 0 spiro atoms. The molecule has 1 atom stereocenters. The van der Waals surface area contributed by atoms with Crippen LogP contribution >= 0.6 is 0 Å². The predicted molar refractivity (Wildman–Crippen MR) is 85.7 cm³/mol. The molecule has 0 bridgehead atoms. The van der Waals surface area contributed by atoms with Crippen LogP contribution in [0.2, 0.25) is 0 Å². The highest BCUT2D eigenvalue weighted by Crippen LogP contribution is 2.22. The molecule has 1 N–H and O–H groups in total. The highest BCUT2D eigenvalue weighted by atomic mass is 32.2. The number of nitrogens with one attached hydrogen (secondary N) is 1. The van der Waals surface area contributed by atoms with E-state index in [9.17, 15) is 22.0 Å². The third-order valence-corrected chi connectivity index (χ3v) is 5.71. The third-order valence-electron chi connectivity index (χ3n) is 3.96. The topological polar surface area (TPSA) is 84.3 Å². The van der Waals surface area contributed by atoms with E-state index in [4.69, 9.17) is 0 Å². The molecule has 6 nitrogen and oxygen atoms in total. The maximum atomic E-state index is 13.6. The van der Waals surface area contributed by atoms with E-state index in [1.54, 1.807) is 6.92 Å². The lowest BCUT2D eigenvalue weighted by Gasteiger charge is -2.07. The van der Waals surface area contributed by atoms with E-state index in [1.807, 2.05) is 0 Å². The Bertz CT molecular complexity index is 976. The molecule has 1 aliphatic rings. The van der Waals surface area contributed by atoms with Crippen LogP contribution in [0.25, 0.3) is 0 Å². The average molecular weight is 355 g/mol. The number of H-pyrrole nitrogens is 1. The lowest BCUT2D eigenvalue weighted by Crippen LogP contribution is -2.25. The molecule has 3 rings (SSSR count). The molecule has 0 radical (unpaired) electrons. The number of aliphatic imine (C=N–C) groups is 1. The SMILES string of the molecule is Cc1[nH]n([C@@H]2CCS(=O)(=O)C2)c(=O)c1C=Nc1ccc(F)cc1F. The summed E-state index contributed by atoms with van der Waals surface area (Å²) >= 11 is 0. The van der Waals surface area contributed by atoms with Crippen molar-refractivity contribution in [3.8, 4) is 0 Å². The number of halogens is 2. The highest BCUT2D eigenvalue weighted by molar-refractivity contribution is 7.91. The van der Waals surface area contributed by atoms with E-state index in [2.05, 4.69) is 10.1 Å². The van der Waals surface area contributed by atoms with Crippen LogP contribution in [0.3, 0.4) is 0 Å².